The molecule has 1 aromatic carbocycles. The minimum Gasteiger partial charge on any atom is -0.479 e. The van der Waals surface area contributed by atoms with Gasteiger partial charge in [-0.25, -0.2) is 4.79 Å². The topological polar surface area (TPSA) is 167 Å². The molecule has 4 N–H and O–H groups in total. The van der Waals surface area contributed by atoms with E-state index in [1.807, 2.05) is 6.92 Å². The fourth-order valence-corrected chi connectivity index (χ4v) is 8.87. The van der Waals surface area contributed by atoms with Crippen molar-refractivity contribution in [3.05, 3.63) is 47.5 Å². The Morgan fingerprint density at radius 2 is 1.77 bits per heavy atom. The third-order valence-electron chi connectivity index (χ3n) is 11.1. The van der Waals surface area contributed by atoms with E-state index in [-0.39, 0.29) is 54.6 Å². The second-order valence-corrected chi connectivity index (χ2v) is 13.3. The highest BCUT2D eigenvalue weighted by molar-refractivity contribution is 5.92. The molecule has 8 atom stereocenters. The molecule has 43 heavy (non-hydrogen) atoms. The number of hydrogen-bond donors (Lipinski definition) is 4. The van der Waals surface area contributed by atoms with E-state index in [2.05, 4.69) is 12.2 Å². The fourth-order valence-electron chi connectivity index (χ4n) is 8.87. The second-order valence-electron chi connectivity index (χ2n) is 13.3. The number of benzene rings is 1. The summed E-state index contributed by atoms with van der Waals surface area (Å²) in [6.07, 6.45) is 4.07. The van der Waals surface area contributed by atoms with Crippen molar-refractivity contribution in [2.45, 2.75) is 89.4 Å². The lowest BCUT2D eigenvalue weighted by atomic mass is 9.45. The minimum absolute atomic E-state index is 0.00274. The molecule has 1 aromatic rings. The minimum atomic E-state index is -1.77. The lowest BCUT2D eigenvalue weighted by Crippen LogP contribution is -2.62. The molecular weight excluding hydrogens is 554 g/mol. The molecule has 4 aliphatic carbocycles. The molecule has 0 heterocycles. The summed E-state index contributed by atoms with van der Waals surface area (Å²) in [5.41, 5.74) is -1.46. The number of ether oxygens (including phenoxy) is 1. The highest BCUT2D eigenvalue weighted by Crippen LogP contribution is 2.67. The molecule has 5 rings (SSSR count). The predicted octanol–water partition coefficient (Wildman–Crippen LogP) is 3.05. The van der Waals surface area contributed by atoms with Crippen molar-refractivity contribution in [1.82, 2.24) is 5.32 Å². The third kappa shape index (κ3) is 5.44. The van der Waals surface area contributed by atoms with Crippen LogP contribution < -0.4 is 5.32 Å². The van der Waals surface area contributed by atoms with E-state index in [0.29, 0.717) is 24.8 Å². The Balaban J connectivity index is 1.18. The summed E-state index contributed by atoms with van der Waals surface area (Å²) in [4.78, 5) is 62.0. The van der Waals surface area contributed by atoms with Gasteiger partial charge in [-0.15, -0.1) is 0 Å². The van der Waals surface area contributed by atoms with Crippen LogP contribution in [0.25, 0.3) is 0 Å². The number of allylic oxidation sites excluding steroid dienone is 1. The van der Waals surface area contributed by atoms with E-state index < -0.39 is 53.4 Å². The number of nitrogens with one attached hydrogen (secondary N) is 1. The highest BCUT2D eigenvalue weighted by atomic mass is 16.5. The Bertz CT molecular complexity index is 1340. The number of carboxylic acids is 1. The Morgan fingerprint density at radius 3 is 2.47 bits per heavy atom. The lowest BCUT2D eigenvalue weighted by molar-refractivity contribution is -0.184. The van der Waals surface area contributed by atoms with Crippen LogP contribution in [-0.4, -0.2) is 63.0 Å². The molecule has 0 bridgehead atoms. The maximum atomic E-state index is 13.4. The van der Waals surface area contributed by atoms with Gasteiger partial charge in [0.2, 0.25) is 11.7 Å². The smallest absolute Gasteiger partial charge is 0.330 e. The van der Waals surface area contributed by atoms with Crippen molar-refractivity contribution in [1.29, 1.82) is 0 Å². The van der Waals surface area contributed by atoms with Crippen LogP contribution in [0.1, 0.15) is 83.2 Å². The number of aliphatic hydroxyl groups is 2. The average Bonchev–Trinajstić information content (AvgIpc) is 3.24. The standard InChI is InChI=1S/C33H41NO9/c1-31-14-12-21(35)16-20(31)8-9-22-23-13-15-33(42,32(23,2)17-24(36)28(22)31)25(37)18-43-27(39)11-10-26(38)34-29(30(40)41)19-6-4-3-5-7-19/h3-7,16,22-24,28-29,36,42H,8-15,17-18H2,1-2H3,(H,34,38)(H,40,41)/t22-,23-,24-,28+,29+,31-,32+,33-/m1/s1. The molecule has 10 heteroatoms. The number of amides is 1. The monoisotopic (exact) mass is 595 g/mol. The number of carbonyl (C=O) groups excluding carboxylic acids is 4. The van der Waals surface area contributed by atoms with E-state index in [1.165, 1.54) is 0 Å². The quantitative estimate of drug-likeness (QED) is 0.314. The number of carboxylic acid groups (broad SMARTS) is 1. The van der Waals surface area contributed by atoms with Gasteiger partial charge in [-0.05, 0) is 73.3 Å². The SMILES string of the molecule is C[C@]12C[C@@H](O)[C@@H]3[C@H](CCC4=CC(=O)CC[C@]43C)[C@H]1CC[C@@]2(O)C(=O)COC(=O)CCC(=O)N[C@H](C(=O)O)c1ccccc1. The summed E-state index contributed by atoms with van der Waals surface area (Å²) in [5.74, 6) is -3.16. The van der Waals surface area contributed by atoms with E-state index in [9.17, 15) is 39.3 Å². The van der Waals surface area contributed by atoms with Crippen molar-refractivity contribution < 1.29 is 44.0 Å². The summed E-state index contributed by atoms with van der Waals surface area (Å²) in [7, 11) is 0. The summed E-state index contributed by atoms with van der Waals surface area (Å²) in [6, 6.07) is 6.91. The van der Waals surface area contributed by atoms with Gasteiger partial charge in [0.15, 0.2) is 18.4 Å². The van der Waals surface area contributed by atoms with Crippen LogP contribution in [-0.2, 0) is 28.7 Å². The fraction of sp³-hybridized carbons (Fsp3) is 0.606. The van der Waals surface area contributed by atoms with Crippen molar-refractivity contribution in [2.24, 2.45) is 28.6 Å². The van der Waals surface area contributed by atoms with E-state index >= 15 is 0 Å². The normalized spacial score (nSPS) is 35.4. The number of aliphatic hydroxyl groups excluding tert-OH is 1. The van der Waals surface area contributed by atoms with Gasteiger partial charge in [-0.3, -0.25) is 19.2 Å². The zero-order valence-corrected chi connectivity index (χ0v) is 24.7. The average molecular weight is 596 g/mol. The Morgan fingerprint density at radius 1 is 1.05 bits per heavy atom. The third-order valence-corrected chi connectivity index (χ3v) is 11.1. The van der Waals surface area contributed by atoms with Crippen molar-refractivity contribution in [3.63, 3.8) is 0 Å². The Hall–Kier alpha value is -3.37. The van der Waals surface area contributed by atoms with Crippen LogP contribution in [0.2, 0.25) is 0 Å². The lowest BCUT2D eigenvalue weighted by Gasteiger charge is -2.60. The first-order valence-electron chi connectivity index (χ1n) is 15.2. The summed E-state index contributed by atoms with van der Waals surface area (Å²) < 4.78 is 5.18. The van der Waals surface area contributed by atoms with Gasteiger partial charge in [-0.2, -0.15) is 0 Å². The number of Topliss-reactive ketones (excluding diaryl/α,β-unsaturated/α-hetero) is 1. The zero-order valence-electron chi connectivity index (χ0n) is 24.7. The zero-order chi connectivity index (χ0) is 31.2. The van der Waals surface area contributed by atoms with Gasteiger partial charge in [-0.1, -0.05) is 49.8 Å². The van der Waals surface area contributed by atoms with Crippen LogP contribution in [0.5, 0.6) is 0 Å². The first-order valence-corrected chi connectivity index (χ1v) is 15.2. The van der Waals surface area contributed by atoms with Gasteiger partial charge < -0.3 is 25.4 Å². The number of ketones is 2. The van der Waals surface area contributed by atoms with Crippen molar-refractivity contribution >= 4 is 29.4 Å². The molecule has 0 saturated heterocycles. The Kier molecular flexibility index (Phi) is 8.39. The predicted molar refractivity (Wildman–Crippen MR) is 153 cm³/mol. The van der Waals surface area contributed by atoms with E-state index in [1.54, 1.807) is 36.4 Å². The van der Waals surface area contributed by atoms with Crippen LogP contribution in [0.3, 0.4) is 0 Å². The maximum absolute atomic E-state index is 13.4. The first-order chi connectivity index (χ1) is 20.3. The number of aliphatic carboxylic acids is 1. The van der Waals surface area contributed by atoms with Gasteiger partial charge in [0.05, 0.1) is 12.5 Å². The van der Waals surface area contributed by atoms with Crippen LogP contribution in [0.4, 0.5) is 0 Å². The summed E-state index contributed by atoms with van der Waals surface area (Å²) >= 11 is 0. The molecule has 4 aliphatic rings. The number of fused-ring (bicyclic) bond motifs is 5. The molecule has 3 saturated carbocycles. The second kappa shape index (κ2) is 11.6. The molecule has 3 fully saturated rings. The molecule has 0 unspecified atom stereocenters. The number of hydrogen-bond acceptors (Lipinski definition) is 8. The molecule has 0 spiro atoms. The Labute approximate surface area is 250 Å². The van der Waals surface area contributed by atoms with Crippen LogP contribution in [0, 0.1) is 28.6 Å². The first kappa shape index (κ1) is 31.1. The summed E-state index contributed by atoms with van der Waals surface area (Å²) in [6.45, 7) is 3.35. The van der Waals surface area contributed by atoms with Gasteiger partial charge in [0.25, 0.3) is 0 Å². The molecule has 0 aromatic heterocycles. The molecule has 0 radical (unpaired) electrons. The van der Waals surface area contributed by atoms with Gasteiger partial charge in [0.1, 0.15) is 5.60 Å². The molecule has 10 nitrogen and oxygen atoms in total. The molecular formula is C33H41NO9. The maximum Gasteiger partial charge on any atom is 0.330 e. The number of carbonyl (C=O) groups is 5. The van der Waals surface area contributed by atoms with Gasteiger partial charge >= 0.3 is 11.9 Å². The molecule has 1 amide bonds. The molecule has 232 valence electrons. The summed E-state index contributed by atoms with van der Waals surface area (Å²) in [5, 5.41) is 35.2. The van der Waals surface area contributed by atoms with Gasteiger partial charge in [0, 0.05) is 18.3 Å². The van der Waals surface area contributed by atoms with Crippen LogP contribution >= 0.6 is 0 Å². The largest absolute Gasteiger partial charge is 0.479 e. The number of esters is 1. The van der Waals surface area contributed by atoms with Crippen molar-refractivity contribution in [3.8, 4) is 0 Å². The van der Waals surface area contributed by atoms with Crippen LogP contribution in [0.15, 0.2) is 42.0 Å². The van der Waals surface area contributed by atoms with E-state index in [4.69, 9.17) is 4.74 Å². The molecule has 0 aliphatic heterocycles. The highest BCUT2D eigenvalue weighted by Gasteiger charge is 2.68. The van der Waals surface area contributed by atoms with Crippen molar-refractivity contribution in [2.75, 3.05) is 6.61 Å². The van der Waals surface area contributed by atoms with E-state index in [0.717, 1.165) is 18.4 Å². The number of rotatable bonds is 9.